The number of carbonyl (C=O) groups is 1. The van der Waals surface area contributed by atoms with Crippen molar-refractivity contribution in [1.29, 1.82) is 0 Å². The van der Waals surface area contributed by atoms with Crippen LogP contribution in [0.1, 0.15) is 40.5 Å². The first-order valence-electron chi connectivity index (χ1n) is 8.65. The van der Waals surface area contributed by atoms with Crippen molar-refractivity contribution >= 4 is 17.3 Å². The summed E-state index contributed by atoms with van der Waals surface area (Å²) in [5.74, 6) is -0.892. The molecule has 0 fully saturated rings. The van der Waals surface area contributed by atoms with Crippen molar-refractivity contribution in [1.82, 2.24) is 10.0 Å². The SMILES string of the molecule is CCONC(=O)c1c(Nc2ccc(C)cc2F)c(C)c(=O)n2c1CCC2. The summed E-state index contributed by atoms with van der Waals surface area (Å²) in [6.07, 6.45) is 1.39. The summed E-state index contributed by atoms with van der Waals surface area (Å²) in [5.41, 5.74) is 4.89. The van der Waals surface area contributed by atoms with Crippen molar-refractivity contribution in [2.75, 3.05) is 11.9 Å². The normalized spacial score (nSPS) is 12.8. The third kappa shape index (κ3) is 3.22. The fraction of sp³-hybridized carbons (Fsp3) is 0.368. The van der Waals surface area contributed by atoms with Crippen LogP contribution in [-0.4, -0.2) is 17.1 Å². The molecular weight excluding hydrogens is 337 g/mol. The van der Waals surface area contributed by atoms with E-state index in [9.17, 15) is 14.0 Å². The Morgan fingerprint density at radius 3 is 2.81 bits per heavy atom. The maximum absolute atomic E-state index is 14.3. The lowest BCUT2D eigenvalue weighted by molar-refractivity contribution is 0.0364. The summed E-state index contributed by atoms with van der Waals surface area (Å²) < 4.78 is 15.9. The Kier molecular flexibility index (Phi) is 5.08. The highest BCUT2D eigenvalue weighted by molar-refractivity contribution is 6.01. The Balaban J connectivity index is 2.15. The summed E-state index contributed by atoms with van der Waals surface area (Å²) in [7, 11) is 0. The maximum Gasteiger partial charge on any atom is 0.278 e. The van der Waals surface area contributed by atoms with E-state index >= 15 is 0 Å². The van der Waals surface area contributed by atoms with E-state index in [1.54, 1.807) is 37.5 Å². The van der Waals surface area contributed by atoms with Crippen LogP contribution in [0.3, 0.4) is 0 Å². The zero-order valence-corrected chi connectivity index (χ0v) is 15.1. The predicted octanol–water partition coefficient (Wildman–Crippen LogP) is 2.98. The molecule has 1 aromatic heterocycles. The van der Waals surface area contributed by atoms with E-state index in [-0.39, 0.29) is 11.2 Å². The third-order valence-electron chi connectivity index (χ3n) is 4.52. The first-order valence-corrected chi connectivity index (χ1v) is 8.65. The second kappa shape index (κ2) is 7.29. The average molecular weight is 359 g/mol. The van der Waals surface area contributed by atoms with Crippen LogP contribution in [0.5, 0.6) is 0 Å². The molecule has 26 heavy (non-hydrogen) atoms. The summed E-state index contributed by atoms with van der Waals surface area (Å²) in [4.78, 5) is 30.4. The highest BCUT2D eigenvalue weighted by Crippen LogP contribution is 2.30. The number of hydrogen-bond acceptors (Lipinski definition) is 4. The second-order valence-electron chi connectivity index (χ2n) is 6.35. The minimum atomic E-state index is -0.449. The molecule has 6 nitrogen and oxygen atoms in total. The highest BCUT2D eigenvalue weighted by atomic mass is 19.1. The van der Waals surface area contributed by atoms with Gasteiger partial charge in [-0.25, -0.2) is 9.87 Å². The summed E-state index contributed by atoms with van der Waals surface area (Å²) in [6, 6.07) is 4.76. The van der Waals surface area contributed by atoms with E-state index in [0.717, 1.165) is 12.0 Å². The van der Waals surface area contributed by atoms with Crippen molar-refractivity contribution in [2.45, 2.75) is 40.2 Å². The summed E-state index contributed by atoms with van der Waals surface area (Å²) >= 11 is 0. The number of hydroxylamine groups is 1. The van der Waals surface area contributed by atoms with Gasteiger partial charge >= 0.3 is 0 Å². The van der Waals surface area contributed by atoms with E-state index in [0.29, 0.717) is 42.1 Å². The highest BCUT2D eigenvalue weighted by Gasteiger charge is 2.27. The van der Waals surface area contributed by atoms with Gasteiger partial charge in [-0.15, -0.1) is 0 Å². The number of halogens is 1. The number of pyridine rings is 1. The largest absolute Gasteiger partial charge is 0.352 e. The van der Waals surface area contributed by atoms with E-state index in [1.165, 1.54) is 6.07 Å². The number of rotatable bonds is 5. The van der Waals surface area contributed by atoms with Crippen LogP contribution in [-0.2, 0) is 17.8 Å². The van der Waals surface area contributed by atoms with Crippen LogP contribution in [0.25, 0.3) is 0 Å². The van der Waals surface area contributed by atoms with Gasteiger partial charge in [0.05, 0.1) is 23.5 Å². The Morgan fingerprint density at radius 2 is 2.12 bits per heavy atom. The molecule has 0 spiro atoms. The number of nitrogens with zero attached hydrogens (tertiary/aromatic N) is 1. The molecule has 0 saturated carbocycles. The lowest BCUT2D eigenvalue weighted by atomic mass is 10.0. The lowest BCUT2D eigenvalue weighted by Gasteiger charge is -2.19. The van der Waals surface area contributed by atoms with Crippen LogP contribution in [0.4, 0.5) is 15.8 Å². The maximum atomic E-state index is 14.3. The van der Waals surface area contributed by atoms with Crippen LogP contribution in [0, 0.1) is 19.7 Å². The zero-order valence-electron chi connectivity index (χ0n) is 15.1. The molecule has 2 N–H and O–H groups in total. The molecule has 7 heteroatoms. The first kappa shape index (κ1) is 18.1. The number of anilines is 2. The van der Waals surface area contributed by atoms with Crippen molar-refractivity contribution in [2.24, 2.45) is 0 Å². The molecule has 0 atom stereocenters. The molecule has 3 rings (SSSR count). The molecule has 0 aliphatic carbocycles. The molecular formula is C19H22FN3O3. The molecule has 0 bridgehead atoms. The smallest absolute Gasteiger partial charge is 0.278 e. The fourth-order valence-electron chi connectivity index (χ4n) is 3.25. The number of carbonyl (C=O) groups excluding carboxylic acids is 1. The number of benzene rings is 1. The van der Waals surface area contributed by atoms with Gasteiger partial charge < -0.3 is 9.88 Å². The molecule has 0 saturated heterocycles. The van der Waals surface area contributed by atoms with Gasteiger partial charge in [0.1, 0.15) is 5.82 Å². The summed E-state index contributed by atoms with van der Waals surface area (Å²) in [5, 5.41) is 2.96. The number of fused-ring (bicyclic) bond motifs is 1. The van der Waals surface area contributed by atoms with Gasteiger partial charge in [0, 0.05) is 17.8 Å². The monoisotopic (exact) mass is 359 g/mol. The predicted molar refractivity (Wildman–Crippen MR) is 97.3 cm³/mol. The molecule has 0 radical (unpaired) electrons. The topological polar surface area (TPSA) is 72.4 Å². The number of hydrogen-bond donors (Lipinski definition) is 2. The van der Waals surface area contributed by atoms with Crippen LogP contribution < -0.4 is 16.4 Å². The molecule has 1 aliphatic heterocycles. The fourth-order valence-corrected chi connectivity index (χ4v) is 3.25. The molecule has 1 aromatic carbocycles. The Morgan fingerprint density at radius 1 is 1.35 bits per heavy atom. The van der Waals surface area contributed by atoms with E-state index in [2.05, 4.69) is 10.8 Å². The van der Waals surface area contributed by atoms with Gasteiger partial charge in [0.15, 0.2) is 0 Å². The molecule has 1 amide bonds. The number of amides is 1. The van der Waals surface area contributed by atoms with Gasteiger partial charge in [-0.05, 0) is 51.3 Å². The molecule has 0 unspecified atom stereocenters. The van der Waals surface area contributed by atoms with Crippen molar-refractivity contribution < 1.29 is 14.0 Å². The van der Waals surface area contributed by atoms with Crippen LogP contribution in [0.15, 0.2) is 23.0 Å². The van der Waals surface area contributed by atoms with E-state index < -0.39 is 11.7 Å². The van der Waals surface area contributed by atoms with Crippen molar-refractivity contribution in [3.05, 3.63) is 56.8 Å². The first-order chi connectivity index (χ1) is 12.4. The Bertz CT molecular complexity index is 921. The number of aromatic nitrogens is 1. The second-order valence-corrected chi connectivity index (χ2v) is 6.35. The standard InChI is InChI=1S/C19H22FN3O3/c1-4-26-22-18(24)16-15-6-5-9-23(15)19(25)12(3)17(16)21-14-8-7-11(2)10-13(14)20/h7-8,10,21H,4-6,9H2,1-3H3,(H,22,24). The molecule has 2 heterocycles. The van der Waals surface area contributed by atoms with Gasteiger partial charge in [0.25, 0.3) is 11.5 Å². The number of nitrogens with one attached hydrogen (secondary N) is 2. The van der Waals surface area contributed by atoms with Crippen molar-refractivity contribution in [3.8, 4) is 0 Å². The minimum absolute atomic E-state index is 0.166. The molecule has 2 aromatic rings. The van der Waals surface area contributed by atoms with Gasteiger partial charge in [-0.1, -0.05) is 6.07 Å². The van der Waals surface area contributed by atoms with Gasteiger partial charge in [-0.3, -0.25) is 14.4 Å². The molecule has 138 valence electrons. The number of aryl methyl sites for hydroxylation is 1. The van der Waals surface area contributed by atoms with E-state index in [4.69, 9.17) is 4.84 Å². The van der Waals surface area contributed by atoms with Crippen LogP contribution in [0.2, 0.25) is 0 Å². The van der Waals surface area contributed by atoms with E-state index in [1.807, 2.05) is 0 Å². The van der Waals surface area contributed by atoms with Crippen LogP contribution >= 0.6 is 0 Å². The average Bonchev–Trinajstić information content (AvgIpc) is 3.09. The summed E-state index contributed by atoms with van der Waals surface area (Å²) in [6.45, 7) is 6.07. The third-order valence-corrected chi connectivity index (χ3v) is 4.52. The van der Waals surface area contributed by atoms with Gasteiger partial charge in [-0.2, -0.15) is 0 Å². The minimum Gasteiger partial charge on any atom is -0.352 e. The Labute approximate surface area is 150 Å². The van der Waals surface area contributed by atoms with Gasteiger partial charge in [0.2, 0.25) is 0 Å². The molecule has 1 aliphatic rings. The lowest BCUT2D eigenvalue weighted by Crippen LogP contribution is -2.31. The quantitative estimate of drug-likeness (QED) is 0.805. The zero-order chi connectivity index (χ0) is 18.8. The Hall–Kier alpha value is -2.67. The van der Waals surface area contributed by atoms with Crippen molar-refractivity contribution in [3.63, 3.8) is 0 Å².